The van der Waals surface area contributed by atoms with Gasteiger partial charge in [-0.1, -0.05) is 54.1 Å². The van der Waals surface area contributed by atoms with E-state index in [1.807, 2.05) is 42.5 Å². The van der Waals surface area contributed by atoms with Gasteiger partial charge in [0, 0.05) is 22.2 Å². The van der Waals surface area contributed by atoms with Gasteiger partial charge in [-0.05, 0) is 29.8 Å². The Hall–Kier alpha value is -3.11. The number of pyridine rings is 1. The van der Waals surface area contributed by atoms with Gasteiger partial charge in [0.1, 0.15) is 12.0 Å². The number of carbonyl (C=O) groups is 1. The minimum Gasteiger partial charge on any atom is -0.428 e. The lowest BCUT2D eigenvalue weighted by atomic mass is 9.89. The third kappa shape index (κ3) is 2.65. The molecule has 0 aliphatic carbocycles. The Bertz CT molecular complexity index is 1080. The fourth-order valence-corrected chi connectivity index (χ4v) is 3.47. The molecule has 0 aliphatic heterocycles. The minimum absolute atomic E-state index is 0.490. The maximum Gasteiger partial charge on any atom is 0.131 e. The Labute approximate surface area is 155 Å². The van der Waals surface area contributed by atoms with Crippen molar-refractivity contribution >= 4 is 28.8 Å². The fourth-order valence-electron chi connectivity index (χ4n) is 3.31. The van der Waals surface area contributed by atoms with Crippen LogP contribution in [0.5, 0.6) is 0 Å². The highest BCUT2D eigenvalue weighted by molar-refractivity contribution is 6.31. The topological polar surface area (TPSA) is 55.1 Å². The molecule has 2 heterocycles. The van der Waals surface area contributed by atoms with E-state index >= 15 is 0 Å². The average molecular weight is 363 g/mol. The fraction of sp³-hybridized carbons (Fsp3) is 0.0476. The van der Waals surface area contributed by atoms with Gasteiger partial charge >= 0.3 is 0 Å². The molecule has 0 aliphatic rings. The maximum absolute atomic E-state index is 12.1. The van der Waals surface area contributed by atoms with Crippen LogP contribution in [-0.4, -0.2) is 21.2 Å². The summed E-state index contributed by atoms with van der Waals surface area (Å²) in [6, 6.07) is 20.2. The van der Waals surface area contributed by atoms with E-state index < -0.39 is 5.92 Å². The number of aldehydes is 1. The molecule has 1 N–H and O–H groups in total. The first-order valence-electron chi connectivity index (χ1n) is 8.15. The van der Waals surface area contributed by atoms with Crippen molar-refractivity contribution in [1.82, 2.24) is 9.71 Å². The van der Waals surface area contributed by atoms with Gasteiger partial charge in [-0.2, -0.15) is 4.73 Å². The molecule has 128 valence electrons. The summed E-state index contributed by atoms with van der Waals surface area (Å²) in [5, 5.41) is 12.1. The van der Waals surface area contributed by atoms with Crippen LogP contribution < -0.4 is 0 Å². The molecule has 0 bridgehead atoms. The summed E-state index contributed by atoms with van der Waals surface area (Å²) in [7, 11) is 0. The molecule has 0 radical (unpaired) electrons. The number of benzene rings is 2. The second-order valence-corrected chi connectivity index (χ2v) is 6.41. The van der Waals surface area contributed by atoms with Gasteiger partial charge < -0.3 is 10.0 Å². The molecule has 0 fully saturated rings. The Balaban J connectivity index is 2.08. The minimum atomic E-state index is -0.537. The zero-order chi connectivity index (χ0) is 18.1. The first-order valence-corrected chi connectivity index (χ1v) is 8.53. The van der Waals surface area contributed by atoms with Crippen LogP contribution in [0.1, 0.15) is 17.0 Å². The molecule has 5 heteroatoms. The van der Waals surface area contributed by atoms with E-state index in [9.17, 15) is 10.0 Å². The van der Waals surface area contributed by atoms with Crippen molar-refractivity contribution in [2.24, 2.45) is 0 Å². The first-order chi connectivity index (χ1) is 12.7. The van der Waals surface area contributed by atoms with Crippen LogP contribution in [0.4, 0.5) is 0 Å². The molecule has 1 atom stereocenters. The summed E-state index contributed by atoms with van der Waals surface area (Å²) in [6.07, 6.45) is 2.55. The predicted octanol–water partition coefficient (Wildman–Crippen LogP) is 4.92. The number of nitrogens with zero attached hydrogens (tertiary/aromatic N) is 2. The molecule has 26 heavy (non-hydrogen) atoms. The highest BCUT2D eigenvalue weighted by Crippen LogP contribution is 2.39. The molecule has 4 aromatic rings. The molecule has 0 saturated carbocycles. The molecule has 0 amide bonds. The smallest absolute Gasteiger partial charge is 0.131 e. The standard InChI is InChI=1S/C21H15ClN2O2/c22-15-9-10-16-19(12-15)24(26)21(18-8-4-5-11-23-18)20(16)17(13-25)14-6-2-1-3-7-14/h1-13,17,26H. The Morgan fingerprint density at radius 3 is 2.50 bits per heavy atom. The zero-order valence-corrected chi connectivity index (χ0v) is 14.5. The number of rotatable bonds is 4. The van der Waals surface area contributed by atoms with Crippen LogP contribution in [-0.2, 0) is 4.79 Å². The largest absolute Gasteiger partial charge is 0.428 e. The molecule has 1 unspecified atom stereocenters. The summed E-state index contributed by atoms with van der Waals surface area (Å²) in [5.41, 5.74) is 3.17. The molecule has 4 rings (SSSR count). The highest BCUT2D eigenvalue weighted by atomic mass is 35.5. The average Bonchev–Trinajstić information content (AvgIpc) is 2.96. The molecule has 2 aromatic heterocycles. The number of hydrogen-bond donors (Lipinski definition) is 1. The van der Waals surface area contributed by atoms with Crippen molar-refractivity contribution in [3.05, 3.63) is 89.1 Å². The van der Waals surface area contributed by atoms with Crippen molar-refractivity contribution in [3.63, 3.8) is 0 Å². The Morgan fingerprint density at radius 1 is 1.04 bits per heavy atom. The molecular weight excluding hydrogens is 348 g/mol. The second-order valence-electron chi connectivity index (χ2n) is 5.97. The third-order valence-corrected chi connectivity index (χ3v) is 4.69. The van der Waals surface area contributed by atoms with E-state index in [0.29, 0.717) is 27.5 Å². The molecule has 0 saturated heterocycles. The van der Waals surface area contributed by atoms with E-state index in [0.717, 1.165) is 22.0 Å². The van der Waals surface area contributed by atoms with E-state index in [1.54, 1.807) is 30.5 Å². The van der Waals surface area contributed by atoms with Gasteiger partial charge in [0.15, 0.2) is 0 Å². The summed E-state index contributed by atoms with van der Waals surface area (Å²) in [5.74, 6) is -0.537. The summed E-state index contributed by atoms with van der Waals surface area (Å²) < 4.78 is 1.07. The van der Waals surface area contributed by atoms with Crippen molar-refractivity contribution in [2.75, 3.05) is 0 Å². The lowest BCUT2D eigenvalue weighted by molar-refractivity contribution is -0.108. The highest BCUT2D eigenvalue weighted by Gasteiger charge is 2.27. The Morgan fingerprint density at radius 2 is 1.81 bits per heavy atom. The number of carbonyl (C=O) groups excluding carboxylic acids is 1. The number of aromatic nitrogens is 2. The normalized spacial score (nSPS) is 12.2. The SMILES string of the molecule is O=CC(c1ccccc1)c1c(-c2ccccn2)n(O)c2cc(Cl)ccc12. The van der Waals surface area contributed by atoms with Crippen molar-refractivity contribution < 1.29 is 10.0 Å². The monoisotopic (exact) mass is 362 g/mol. The summed E-state index contributed by atoms with van der Waals surface area (Å²) in [4.78, 5) is 16.4. The second kappa shape index (κ2) is 6.65. The van der Waals surface area contributed by atoms with Gasteiger partial charge in [-0.3, -0.25) is 4.98 Å². The van der Waals surface area contributed by atoms with E-state index in [-0.39, 0.29) is 0 Å². The molecular formula is C21H15ClN2O2. The van der Waals surface area contributed by atoms with Gasteiger partial charge in [0.2, 0.25) is 0 Å². The van der Waals surface area contributed by atoms with Crippen molar-refractivity contribution in [3.8, 4) is 11.4 Å². The molecule has 2 aromatic carbocycles. The van der Waals surface area contributed by atoms with Crippen LogP contribution in [0.25, 0.3) is 22.3 Å². The lowest BCUT2D eigenvalue weighted by Gasteiger charge is -2.13. The quantitative estimate of drug-likeness (QED) is 0.414. The van der Waals surface area contributed by atoms with Gasteiger partial charge in [0.05, 0.1) is 17.1 Å². The van der Waals surface area contributed by atoms with Crippen molar-refractivity contribution in [1.29, 1.82) is 0 Å². The van der Waals surface area contributed by atoms with Gasteiger partial charge in [-0.25, -0.2) is 0 Å². The zero-order valence-electron chi connectivity index (χ0n) is 13.7. The summed E-state index contributed by atoms with van der Waals surface area (Å²) in [6.45, 7) is 0. The van der Waals surface area contributed by atoms with Gasteiger partial charge in [-0.15, -0.1) is 0 Å². The molecule has 4 nitrogen and oxygen atoms in total. The summed E-state index contributed by atoms with van der Waals surface area (Å²) >= 11 is 6.12. The Kier molecular flexibility index (Phi) is 4.19. The number of fused-ring (bicyclic) bond motifs is 1. The van der Waals surface area contributed by atoms with Crippen LogP contribution >= 0.6 is 11.6 Å². The van der Waals surface area contributed by atoms with Gasteiger partial charge in [0.25, 0.3) is 0 Å². The van der Waals surface area contributed by atoms with Crippen LogP contribution in [0.15, 0.2) is 72.9 Å². The van der Waals surface area contributed by atoms with E-state index in [2.05, 4.69) is 4.98 Å². The molecule has 0 spiro atoms. The number of hydrogen-bond acceptors (Lipinski definition) is 3. The number of halogens is 1. The van der Waals surface area contributed by atoms with Crippen LogP contribution in [0.2, 0.25) is 5.02 Å². The van der Waals surface area contributed by atoms with Crippen molar-refractivity contribution in [2.45, 2.75) is 5.92 Å². The predicted molar refractivity (Wildman–Crippen MR) is 102 cm³/mol. The van der Waals surface area contributed by atoms with E-state index in [4.69, 9.17) is 11.6 Å². The van der Waals surface area contributed by atoms with E-state index in [1.165, 1.54) is 0 Å². The van der Waals surface area contributed by atoms with Crippen LogP contribution in [0.3, 0.4) is 0 Å². The lowest BCUT2D eigenvalue weighted by Crippen LogP contribution is -2.05. The van der Waals surface area contributed by atoms with Crippen LogP contribution in [0, 0.1) is 0 Å². The third-order valence-electron chi connectivity index (χ3n) is 4.46. The first kappa shape index (κ1) is 16.4. The maximum atomic E-state index is 12.1.